The Bertz CT molecular complexity index is 1470. The van der Waals surface area contributed by atoms with Crippen LogP contribution in [0.4, 0.5) is 18.0 Å². The van der Waals surface area contributed by atoms with Crippen molar-refractivity contribution in [2.75, 3.05) is 13.2 Å². The third-order valence-corrected chi connectivity index (χ3v) is 7.33. The largest absolute Gasteiger partial charge is 0.490 e. The number of halogens is 3. The summed E-state index contributed by atoms with van der Waals surface area (Å²) in [7, 11) is 0. The van der Waals surface area contributed by atoms with Crippen molar-refractivity contribution in [3.8, 4) is 16.9 Å². The highest BCUT2D eigenvalue weighted by Gasteiger charge is 2.36. The van der Waals surface area contributed by atoms with Gasteiger partial charge in [-0.15, -0.1) is 0 Å². The minimum atomic E-state index is -4.67. The Morgan fingerprint density at radius 2 is 1.57 bits per heavy atom. The predicted molar refractivity (Wildman–Crippen MR) is 165 cm³/mol. The molecule has 0 saturated carbocycles. The lowest BCUT2D eigenvalue weighted by molar-refractivity contribution is -0.139. The van der Waals surface area contributed by atoms with Crippen molar-refractivity contribution in [1.29, 1.82) is 0 Å². The van der Waals surface area contributed by atoms with Crippen molar-refractivity contribution in [2.45, 2.75) is 64.4 Å². The SMILES string of the molecule is C=C(NC(C)COc1c([C@@H](C)NC(=O)OCC2c3ccccc3-c3ccccc32)cccc1C(F)(F)F)OC(C)(C)/C=C/C. The van der Waals surface area contributed by atoms with E-state index in [1.54, 1.807) is 13.8 Å². The molecule has 2 N–H and O–H groups in total. The van der Waals surface area contributed by atoms with Crippen molar-refractivity contribution in [1.82, 2.24) is 10.6 Å². The molecular formula is C35H39F3N2O4. The molecule has 4 rings (SSSR count). The Kier molecular flexibility index (Phi) is 9.97. The highest BCUT2D eigenvalue weighted by atomic mass is 19.4. The summed E-state index contributed by atoms with van der Waals surface area (Å²) in [5, 5.41) is 5.69. The van der Waals surface area contributed by atoms with Gasteiger partial charge in [0.25, 0.3) is 0 Å². The minimum absolute atomic E-state index is 0.0819. The smallest absolute Gasteiger partial charge is 0.419 e. The number of carbonyl (C=O) groups is 1. The van der Waals surface area contributed by atoms with Crippen LogP contribution < -0.4 is 15.4 Å². The molecule has 1 unspecified atom stereocenters. The molecule has 0 heterocycles. The van der Waals surface area contributed by atoms with Crippen LogP contribution in [0.25, 0.3) is 11.1 Å². The van der Waals surface area contributed by atoms with E-state index < -0.39 is 35.5 Å². The van der Waals surface area contributed by atoms with Gasteiger partial charge in [-0.25, -0.2) is 4.79 Å². The van der Waals surface area contributed by atoms with Gasteiger partial charge in [-0.2, -0.15) is 13.2 Å². The molecule has 0 saturated heterocycles. The normalized spacial score (nSPS) is 14.4. The highest BCUT2D eigenvalue weighted by molar-refractivity contribution is 5.79. The second-order valence-corrected chi connectivity index (χ2v) is 11.4. The van der Waals surface area contributed by atoms with E-state index in [-0.39, 0.29) is 36.3 Å². The van der Waals surface area contributed by atoms with E-state index in [9.17, 15) is 18.0 Å². The fraction of sp³-hybridized carbons (Fsp3) is 0.343. The molecule has 3 aromatic rings. The summed E-state index contributed by atoms with van der Waals surface area (Å²) in [6.07, 6.45) is -1.70. The Labute approximate surface area is 256 Å². The van der Waals surface area contributed by atoms with E-state index >= 15 is 0 Å². The molecule has 1 aliphatic carbocycles. The lowest BCUT2D eigenvalue weighted by Crippen LogP contribution is -2.35. The van der Waals surface area contributed by atoms with Crippen LogP contribution in [0.2, 0.25) is 0 Å². The number of amides is 1. The van der Waals surface area contributed by atoms with Crippen LogP contribution in [0.3, 0.4) is 0 Å². The Morgan fingerprint density at radius 3 is 2.16 bits per heavy atom. The summed E-state index contributed by atoms with van der Waals surface area (Å²) in [6, 6.07) is 18.4. The van der Waals surface area contributed by atoms with Gasteiger partial charge in [-0.3, -0.25) is 0 Å². The molecule has 0 radical (unpaired) electrons. The van der Waals surface area contributed by atoms with Gasteiger partial charge in [0.2, 0.25) is 0 Å². The standard InChI is InChI=1S/C35H39F3N2O4/c1-7-19-34(5,6)44-24(4)39-22(2)20-42-32-25(17-12-18-31(32)35(36,37)38)23(3)40-33(41)43-21-30-28-15-10-8-13-26(28)27-14-9-11-16-29(27)30/h7-19,22-23,30,39H,4,20-21H2,1-3,5-6H3,(H,40,41)/b19-7+/t22?,23-/m1/s1. The lowest BCUT2D eigenvalue weighted by atomic mass is 9.98. The summed E-state index contributed by atoms with van der Waals surface area (Å²) in [5.74, 6) is -0.244. The van der Waals surface area contributed by atoms with Crippen molar-refractivity contribution in [2.24, 2.45) is 0 Å². The van der Waals surface area contributed by atoms with Crippen LogP contribution in [-0.2, 0) is 15.7 Å². The Morgan fingerprint density at radius 1 is 0.955 bits per heavy atom. The number of hydrogen-bond donors (Lipinski definition) is 2. The maximum Gasteiger partial charge on any atom is 0.419 e. The number of nitrogens with one attached hydrogen (secondary N) is 2. The lowest BCUT2D eigenvalue weighted by Gasteiger charge is -2.27. The van der Waals surface area contributed by atoms with E-state index in [0.717, 1.165) is 28.3 Å². The summed E-state index contributed by atoms with van der Waals surface area (Å²) in [4.78, 5) is 12.9. The van der Waals surface area contributed by atoms with Gasteiger partial charge in [0.05, 0.1) is 17.6 Å². The molecule has 0 fully saturated rings. The van der Waals surface area contributed by atoms with Crippen LogP contribution >= 0.6 is 0 Å². The Balaban J connectivity index is 1.43. The maximum atomic E-state index is 14.0. The first-order valence-electron chi connectivity index (χ1n) is 14.5. The molecule has 0 aromatic heterocycles. The van der Waals surface area contributed by atoms with E-state index in [1.807, 2.05) is 81.5 Å². The number of para-hydroxylation sites is 1. The zero-order valence-corrected chi connectivity index (χ0v) is 25.6. The number of fused-ring (bicyclic) bond motifs is 3. The summed E-state index contributed by atoms with van der Waals surface area (Å²) >= 11 is 0. The Hall–Kier alpha value is -4.40. The fourth-order valence-electron chi connectivity index (χ4n) is 5.48. The molecule has 0 bridgehead atoms. The highest BCUT2D eigenvalue weighted by Crippen LogP contribution is 2.44. The van der Waals surface area contributed by atoms with Crippen LogP contribution in [0, 0.1) is 0 Å². The number of benzene rings is 3. The number of alkyl carbamates (subject to hydrolysis) is 1. The first-order chi connectivity index (χ1) is 20.8. The van der Waals surface area contributed by atoms with Crippen molar-refractivity contribution in [3.05, 3.63) is 114 Å². The fourth-order valence-corrected chi connectivity index (χ4v) is 5.48. The van der Waals surface area contributed by atoms with E-state index in [2.05, 4.69) is 17.2 Å². The van der Waals surface area contributed by atoms with Crippen molar-refractivity contribution in [3.63, 3.8) is 0 Å². The van der Waals surface area contributed by atoms with E-state index in [0.29, 0.717) is 0 Å². The van der Waals surface area contributed by atoms with Crippen molar-refractivity contribution >= 4 is 6.09 Å². The van der Waals surface area contributed by atoms with Crippen molar-refractivity contribution < 1.29 is 32.2 Å². The third kappa shape index (κ3) is 7.75. The summed E-state index contributed by atoms with van der Waals surface area (Å²) in [6.45, 7) is 12.7. The van der Waals surface area contributed by atoms with Gasteiger partial charge in [0.1, 0.15) is 24.6 Å². The van der Waals surface area contributed by atoms with E-state index in [1.165, 1.54) is 12.1 Å². The third-order valence-electron chi connectivity index (χ3n) is 7.33. The first-order valence-corrected chi connectivity index (χ1v) is 14.5. The van der Waals surface area contributed by atoms with Crippen LogP contribution in [0.15, 0.2) is 91.3 Å². The average molecular weight is 609 g/mol. The molecule has 2 atom stereocenters. The number of allylic oxidation sites excluding steroid dienone is 1. The molecule has 0 aliphatic heterocycles. The molecule has 1 aliphatic rings. The molecule has 6 nitrogen and oxygen atoms in total. The summed E-state index contributed by atoms with van der Waals surface area (Å²) < 4.78 is 59.3. The zero-order chi connectivity index (χ0) is 32.1. The number of ether oxygens (including phenoxy) is 3. The number of carbonyl (C=O) groups excluding carboxylic acids is 1. The number of hydrogen-bond acceptors (Lipinski definition) is 5. The molecule has 9 heteroatoms. The van der Waals surface area contributed by atoms with Crippen LogP contribution in [-0.4, -0.2) is 30.9 Å². The molecule has 1 amide bonds. The zero-order valence-electron chi connectivity index (χ0n) is 25.6. The van der Waals surface area contributed by atoms with Gasteiger partial charge >= 0.3 is 12.3 Å². The van der Waals surface area contributed by atoms with E-state index in [4.69, 9.17) is 14.2 Å². The number of alkyl halides is 3. The average Bonchev–Trinajstić information content (AvgIpc) is 3.27. The second kappa shape index (κ2) is 13.5. The number of rotatable bonds is 12. The van der Waals surface area contributed by atoms with Gasteiger partial charge in [0.15, 0.2) is 5.88 Å². The minimum Gasteiger partial charge on any atom is -0.490 e. The maximum absolute atomic E-state index is 14.0. The monoisotopic (exact) mass is 608 g/mol. The summed E-state index contributed by atoms with van der Waals surface area (Å²) in [5.41, 5.74) is 2.93. The van der Waals surface area contributed by atoms with Crippen LogP contribution in [0.1, 0.15) is 68.8 Å². The predicted octanol–water partition coefficient (Wildman–Crippen LogP) is 8.50. The molecular weight excluding hydrogens is 569 g/mol. The van der Waals surface area contributed by atoms with Gasteiger partial charge in [-0.05, 0) is 75.6 Å². The topological polar surface area (TPSA) is 68.8 Å². The second-order valence-electron chi connectivity index (χ2n) is 11.4. The quantitative estimate of drug-likeness (QED) is 0.159. The van der Waals surface area contributed by atoms with Gasteiger partial charge < -0.3 is 24.8 Å². The van der Waals surface area contributed by atoms with Gasteiger partial charge in [0, 0.05) is 11.5 Å². The molecule has 44 heavy (non-hydrogen) atoms. The van der Waals surface area contributed by atoms with Gasteiger partial charge in [-0.1, -0.05) is 66.7 Å². The molecule has 3 aromatic carbocycles. The molecule has 234 valence electrons. The first kappa shape index (κ1) is 32.5. The molecule has 0 spiro atoms. The van der Waals surface area contributed by atoms with Crippen LogP contribution in [0.5, 0.6) is 5.75 Å².